The predicted molar refractivity (Wildman–Crippen MR) is 49.5 cm³/mol. The summed E-state index contributed by atoms with van der Waals surface area (Å²) < 4.78 is 38.7. The fourth-order valence-corrected chi connectivity index (χ4v) is 4.59. The summed E-state index contributed by atoms with van der Waals surface area (Å²) in [6.45, 7) is 0. The van der Waals surface area contributed by atoms with Gasteiger partial charge in [-0.15, -0.1) is 0 Å². The normalized spacial score (nSPS) is 55.7. The second-order valence-corrected chi connectivity index (χ2v) is 6.03. The first kappa shape index (κ1) is 10.8. The molecule has 5 heteroatoms. The van der Waals surface area contributed by atoms with Crippen molar-refractivity contribution in [2.45, 2.75) is 49.5 Å². The highest BCUT2D eigenvalue weighted by molar-refractivity contribution is 5.12. The Bertz CT molecular complexity index is 290. The highest BCUT2D eigenvalue weighted by atomic mass is 19.4. The van der Waals surface area contributed by atoms with Gasteiger partial charge in [0, 0.05) is 6.42 Å². The van der Waals surface area contributed by atoms with E-state index in [2.05, 4.69) is 0 Å². The van der Waals surface area contributed by atoms with Crippen LogP contribution in [-0.2, 0) is 0 Å². The Morgan fingerprint density at radius 2 is 1.25 bits per heavy atom. The van der Waals surface area contributed by atoms with Crippen LogP contribution in [0, 0.1) is 17.8 Å². The van der Waals surface area contributed by atoms with Crippen LogP contribution in [0.2, 0.25) is 0 Å². The molecule has 0 aliphatic heterocycles. The van der Waals surface area contributed by atoms with Gasteiger partial charge in [-0.05, 0) is 37.5 Å². The molecular weight excluding hydrogens is 221 g/mol. The molecule has 92 valence electrons. The second kappa shape index (κ2) is 2.75. The molecule has 0 aromatic heterocycles. The lowest BCUT2D eigenvalue weighted by Crippen LogP contribution is -2.64. The van der Waals surface area contributed by atoms with Crippen LogP contribution in [0.3, 0.4) is 0 Å². The maximum absolute atomic E-state index is 12.9. The molecule has 4 saturated carbocycles. The third-order valence-electron chi connectivity index (χ3n) is 4.62. The molecule has 0 amide bonds. The summed E-state index contributed by atoms with van der Waals surface area (Å²) in [5, 5.41) is 20.2. The van der Waals surface area contributed by atoms with Crippen molar-refractivity contribution in [2.75, 3.05) is 0 Å². The summed E-state index contributed by atoms with van der Waals surface area (Å²) in [6.07, 6.45) is -3.11. The average molecular weight is 236 g/mol. The van der Waals surface area contributed by atoms with Gasteiger partial charge in [-0.1, -0.05) is 0 Å². The van der Waals surface area contributed by atoms with Crippen LogP contribution in [0.4, 0.5) is 13.2 Å². The summed E-state index contributed by atoms with van der Waals surface area (Å²) >= 11 is 0. The third-order valence-corrected chi connectivity index (χ3v) is 4.62. The maximum atomic E-state index is 12.9. The molecule has 0 aromatic rings. The monoisotopic (exact) mass is 236 g/mol. The number of aliphatic hydroxyl groups is 2. The van der Waals surface area contributed by atoms with Crippen LogP contribution in [0.5, 0.6) is 0 Å². The Morgan fingerprint density at radius 3 is 1.56 bits per heavy atom. The Hall–Kier alpha value is -0.290. The van der Waals surface area contributed by atoms with E-state index in [9.17, 15) is 23.4 Å². The Kier molecular flexibility index (Phi) is 1.86. The number of hydrogen-bond acceptors (Lipinski definition) is 2. The molecule has 0 aromatic carbocycles. The molecule has 4 fully saturated rings. The smallest absolute Gasteiger partial charge is 0.390 e. The number of alkyl halides is 3. The van der Waals surface area contributed by atoms with E-state index in [0.717, 1.165) is 0 Å². The quantitative estimate of drug-likeness (QED) is 0.674. The highest BCUT2D eigenvalue weighted by Gasteiger charge is 2.65. The summed E-state index contributed by atoms with van der Waals surface area (Å²) in [6, 6.07) is 0. The molecule has 0 unspecified atom stereocenters. The fraction of sp³-hybridized carbons (Fsp3) is 1.00. The van der Waals surface area contributed by atoms with Crippen LogP contribution in [0.1, 0.15) is 32.1 Å². The van der Waals surface area contributed by atoms with Gasteiger partial charge in [0.1, 0.15) is 0 Å². The van der Waals surface area contributed by atoms with Crippen molar-refractivity contribution in [1.82, 2.24) is 0 Å². The van der Waals surface area contributed by atoms with Crippen molar-refractivity contribution in [3.05, 3.63) is 0 Å². The molecule has 4 aliphatic carbocycles. The number of hydrogen-bond donors (Lipinski definition) is 2. The highest BCUT2D eigenvalue weighted by Crippen LogP contribution is 2.62. The fourth-order valence-electron chi connectivity index (χ4n) is 4.59. The number of rotatable bonds is 0. The SMILES string of the molecule is OC12CC3CC(O)(CC(C1)C3C(F)(F)F)C2. The first-order chi connectivity index (χ1) is 7.21. The van der Waals surface area contributed by atoms with E-state index in [0.29, 0.717) is 0 Å². The van der Waals surface area contributed by atoms with Gasteiger partial charge >= 0.3 is 6.18 Å². The zero-order valence-corrected chi connectivity index (χ0v) is 8.80. The molecule has 0 saturated heterocycles. The molecule has 2 nitrogen and oxygen atoms in total. The molecule has 0 spiro atoms. The van der Waals surface area contributed by atoms with Crippen LogP contribution < -0.4 is 0 Å². The van der Waals surface area contributed by atoms with Crippen LogP contribution in [0.25, 0.3) is 0 Å². The van der Waals surface area contributed by atoms with Gasteiger partial charge in [-0.3, -0.25) is 0 Å². The third kappa shape index (κ3) is 1.40. The molecule has 0 heterocycles. The van der Waals surface area contributed by atoms with Gasteiger partial charge in [0.15, 0.2) is 0 Å². The minimum atomic E-state index is -4.19. The minimum Gasteiger partial charge on any atom is -0.390 e. The Balaban J connectivity index is 1.95. The van der Waals surface area contributed by atoms with Gasteiger partial charge in [0.2, 0.25) is 0 Å². The lowest BCUT2D eigenvalue weighted by atomic mass is 9.48. The van der Waals surface area contributed by atoms with Crippen LogP contribution >= 0.6 is 0 Å². The van der Waals surface area contributed by atoms with E-state index in [1.54, 1.807) is 0 Å². The summed E-state index contributed by atoms with van der Waals surface area (Å²) in [5.74, 6) is -2.49. The van der Waals surface area contributed by atoms with Crippen molar-refractivity contribution >= 4 is 0 Å². The zero-order chi connectivity index (χ0) is 11.8. The Labute approximate surface area is 91.5 Å². The molecule has 4 rings (SSSR count). The lowest BCUT2D eigenvalue weighted by Gasteiger charge is -2.61. The van der Waals surface area contributed by atoms with E-state index >= 15 is 0 Å². The van der Waals surface area contributed by atoms with E-state index in [4.69, 9.17) is 0 Å². The van der Waals surface area contributed by atoms with E-state index in [1.165, 1.54) is 0 Å². The van der Waals surface area contributed by atoms with E-state index in [-0.39, 0.29) is 32.1 Å². The average Bonchev–Trinajstić information content (AvgIpc) is 1.92. The van der Waals surface area contributed by atoms with Gasteiger partial charge in [0.25, 0.3) is 0 Å². The molecule has 16 heavy (non-hydrogen) atoms. The summed E-state index contributed by atoms with van der Waals surface area (Å²) in [4.78, 5) is 0. The van der Waals surface area contributed by atoms with Crippen molar-refractivity contribution in [1.29, 1.82) is 0 Å². The molecule has 0 radical (unpaired) electrons. The first-order valence-electron chi connectivity index (χ1n) is 5.72. The topological polar surface area (TPSA) is 40.5 Å². The largest absolute Gasteiger partial charge is 0.392 e. The van der Waals surface area contributed by atoms with Gasteiger partial charge < -0.3 is 10.2 Å². The van der Waals surface area contributed by atoms with Gasteiger partial charge in [-0.25, -0.2) is 0 Å². The maximum Gasteiger partial charge on any atom is 0.392 e. The standard InChI is InChI=1S/C11H15F3O2/c12-11(13,14)8-6-1-9(15)3-7(8)4-10(16,2-6)5-9/h6-8,15-16H,1-5H2. The zero-order valence-electron chi connectivity index (χ0n) is 8.80. The molecule has 2 N–H and O–H groups in total. The van der Waals surface area contributed by atoms with E-state index < -0.39 is 35.1 Å². The first-order valence-corrected chi connectivity index (χ1v) is 5.72. The molecule has 4 bridgehead atoms. The van der Waals surface area contributed by atoms with Gasteiger partial charge in [-0.2, -0.15) is 13.2 Å². The van der Waals surface area contributed by atoms with Crippen molar-refractivity contribution in [3.63, 3.8) is 0 Å². The number of halogens is 3. The predicted octanol–water partition coefficient (Wildman–Crippen LogP) is 1.85. The minimum absolute atomic E-state index is 0.204. The Morgan fingerprint density at radius 1 is 0.875 bits per heavy atom. The second-order valence-electron chi connectivity index (χ2n) is 6.03. The van der Waals surface area contributed by atoms with Crippen molar-refractivity contribution < 1.29 is 23.4 Å². The summed E-state index contributed by atoms with van der Waals surface area (Å²) in [7, 11) is 0. The van der Waals surface area contributed by atoms with Crippen molar-refractivity contribution in [3.8, 4) is 0 Å². The van der Waals surface area contributed by atoms with Crippen LogP contribution in [0.15, 0.2) is 0 Å². The van der Waals surface area contributed by atoms with Gasteiger partial charge in [0.05, 0.1) is 17.1 Å². The van der Waals surface area contributed by atoms with E-state index in [1.807, 2.05) is 0 Å². The molecule has 4 aliphatic rings. The lowest BCUT2D eigenvalue weighted by molar-refractivity contribution is -0.288. The summed E-state index contributed by atoms with van der Waals surface area (Å²) in [5.41, 5.74) is -2.08. The van der Waals surface area contributed by atoms with Crippen LogP contribution in [-0.4, -0.2) is 27.6 Å². The molecule has 0 atom stereocenters. The van der Waals surface area contributed by atoms with Crippen molar-refractivity contribution in [2.24, 2.45) is 17.8 Å². The molecular formula is C11H15F3O2.